The van der Waals surface area contributed by atoms with Crippen molar-refractivity contribution in [2.75, 3.05) is 0 Å². The molecule has 0 fully saturated rings. The molecule has 7 nitrogen and oxygen atoms in total. The van der Waals surface area contributed by atoms with Crippen molar-refractivity contribution in [1.29, 1.82) is 0 Å². The Morgan fingerprint density at radius 1 is 0.261 bits per heavy atom. The van der Waals surface area contributed by atoms with E-state index >= 15 is 0 Å². The number of benzene rings is 5. The molecule has 7 aromatic heterocycles. The molecule has 0 saturated carbocycles. The maximum atomic E-state index is 4.40. The third-order valence-electron chi connectivity index (χ3n) is 15.5. The molecular formula is C81H113N7. The van der Waals surface area contributed by atoms with E-state index < -0.39 is 0 Å². The topological polar surface area (TPSA) is 74.3 Å². The van der Waals surface area contributed by atoms with Crippen LogP contribution in [0.25, 0.3) is 64.9 Å². The van der Waals surface area contributed by atoms with Crippen LogP contribution in [0.15, 0.2) is 141 Å². The fourth-order valence-corrected chi connectivity index (χ4v) is 10.4. The number of nitrogens with zero attached hydrogens (tertiary/aromatic N) is 7. The lowest BCUT2D eigenvalue weighted by Gasteiger charge is -2.07. The lowest BCUT2D eigenvalue weighted by molar-refractivity contribution is 0.888. The summed E-state index contributed by atoms with van der Waals surface area (Å²) >= 11 is 0. The Kier molecular flexibility index (Phi) is 35.2. The van der Waals surface area contributed by atoms with Gasteiger partial charge in [0, 0.05) is 124 Å². The van der Waals surface area contributed by atoms with E-state index in [0.717, 1.165) is 22.4 Å². The Morgan fingerprint density at radius 2 is 0.705 bits per heavy atom. The summed E-state index contributed by atoms with van der Waals surface area (Å²) in [7, 11) is 4.13. The van der Waals surface area contributed by atoms with Gasteiger partial charge in [-0.2, -0.15) is 0 Å². The molecule has 472 valence electrons. The summed E-state index contributed by atoms with van der Waals surface area (Å²) in [6.45, 7) is 58.1. The summed E-state index contributed by atoms with van der Waals surface area (Å²) in [4.78, 5) is 21.5. The van der Waals surface area contributed by atoms with Crippen molar-refractivity contribution in [3.05, 3.63) is 230 Å². The van der Waals surface area contributed by atoms with Gasteiger partial charge in [-0.15, -0.1) is 0 Å². The molecule has 0 N–H and O–H groups in total. The van der Waals surface area contributed by atoms with Crippen molar-refractivity contribution in [3.63, 3.8) is 0 Å². The van der Waals surface area contributed by atoms with Gasteiger partial charge in [0.25, 0.3) is 0 Å². The lowest BCUT2D eigenvalue weighted by atomic mass is 9.97. The number of rotatable bonds is 0. The molecule has 0 aliphatic heterocycles. The largest absolute Gasteiger partial charge is 0.353 e. The van der Waals surface area contributed by atoms with Gasteiger partial charge >= 0.3 is 0 Å². The van der Waals surface area contributed by atoms with Crippen LogP contribution < -0.4 is 0 Å². The van der Waals surface area contributed by atoms with Gasteiger partial charge in [0.15, 0.2) is 0 Å². The molecule has 88 heavy (non-hydrogen) atoms. The predicted molar refractivity (Wildman–Crippen MR) is 394 cm³/mol. The highest BCUT2D eigenvalue weighted by molar-refractivity contribution is 5.91. The van der Waals surface area contributed by atoms with Crippen molar-refractivity contribution in [2.24, 2.45) is 14.1 Å². The van der Waals surface area contributed by atoms with Crippen molar-refractivity contribution in [1.82, 2.24) is 34.1 Å². The van der Waals surface area contributed by atoms with Crippen molar-refractivity contribution in [2.45, 2.75) is 194 Å². The average molecular weight is 1180 g/mol. The van der Waals surface area contributed by atoms with Gasteiger partial charge in [-0.1, -0.05) is 150 Å². The van der Waals surface area contributed by atoms with E-state index in [-0.39, 0.29) is 0 Å². The summed E-state index contributed by atoms with van der Waals surface area (Å²) < 4.78 is 4.28. The van der Waals surface area contributed by atoms with E-state index in [9.17, 15) is 0 Å². The van der Waals surface area contributed by atoms with Crippen LogP contribution in [0.1, 0.15) is 173 Å². The number of aromatic nitrogens is 7. The normalized spacial score (nSPS) is 9.70. The molecule has 0 aliphatic carbocycles. The molecule has 12 aromatic rings. The Balaban J connectivity index is 0.000000510. The zero-order chi connectivity index (χ0) is 67.1. The molecule has 0 unspecified atom stereocenters. The molecule has 0 aliphatic rings. The first-order valence-electron chi connectivity index (χ1n) is 32.3. The summed E-state index contributed by atoms with van der Waals surface area (Å²) in [5, 5.41) is 13.1. The van der Waals surface area contributed by atoms with Crippen LogP contribution in [0.4, 0.5) is 0 Å². The highest BCUT2D eigenvalue weighted by atomic mass is 14.9. The van der Waals surface area contributed by atoms with Gasteiger partial charge in [0.05, 0.1) is 11.0 Å². The van der Waals surface area contributed by atoms with Gasteiger partial charge in [-0.3, -0.25) is 24.9 Å². The maximum absolute atomic E-state index is 4.40. The van der Waals surface area contributed by atoms with Crippen molar-refractivity contribution in [3.8, 4) is 0 Å². The van der Waals surface area contributed by atoms with Crippen molar-refractivity contribution < 1.29 is 0 Å². The number of hydrogen-bond donors (Lipinski definition) is 0. The van der Waals surface area contributed by atoms with E-state index in [4.69, 9.17) is 0 Å². The second kappa shape index (κ2) is 39.7. The van der Waals surface area contributed by atoms with Gasteiger partial charge in [-0.05, 0) is 218 Å². The molecule has 0 radical (unpaired) electrons. The molecule has 0 atom stereocenters. The SMILES string of the molecule is CC.CC.CC.CC.CC.CC.Cc1ccc2cccc(C)c2c1C.Cc1ccc2nccc(C)c2c1C.Cc1cnc2cccc(C)c2c1C.Cc1cncc2cn(C)c(C)c12.Cc1ncc2cccc(C)c2c1C.Cc1nccc2cn(C)c(C)c12. The lowest BCUT2D eigenvalue weighted by Crippen LogP contribution is -1.90. The zero-order valence-corrected chi connectivity index (χ0v) is 60.4. The van der Waals surface area contributed by atoms with Gasteiger partial charge in [0.1, 0.15) is 0 Å². The van der Waals surface area contributed by atoms with Crippen LogP contribution in [0.5, 0.6) is 0 Å². The first-order chi connectivity index (χ1) is 42.2. The number of hydrogen-bond acceptors (Lipinski definition) is 5. The first-order valence-corrected chi connectivity index (χ1v) is 32.3. The fraction of sp³-hybridized carbons (Fsp3) is 0.370. The van der Waals surface area contributed by atoms with Crippen molar-refractivity contribution >= 4 is 64.9 Å². The minimum absolute atomic E-state index is 1.10. The van der Waals surface area contributed by atoms with Crippen LogP contribution in [0.2, 0.25) is 0 Å². The van der Waals surface area contributed by atoms with Gasteiger partial charge in [0.2, 0.25) is 0 Å². The minimum atomic E-state index is 1.10. The summed E-state index contributed by atoms with van der Waals surface area (Å²) in [6.07, 6.45) is 15.7. The Labute approximate surface area is 534 Å². The van der Waals surface area contributed by atoms with E-state index in [1.807, 2.05) is 120 Å². The second-order valence-electron chi connectivity index (χ2n) is 20.7. The Morgan fingerprint density at radius 3 is 1.26 bits per heavy atom. The molecule has 12 rings (SSSR count). The molecule has 5 aromatic carbocycles. The Bertz CT molecular complexity index is 3600. The van der Waals surface area contributed by atoms with E-state index in [1.54, 1.807) is 0 Å². The highest BCUT2D eigenvalue weighted by Gasteiger charge is 2.08. The molecule has 7 heterocycles. The first kappa shape index (κ1) is 78.0. The molecule has 0 spiro atoms. The third-order valence-corrected chi connectivity index (χ3v) is 15.5. The van der Waals surface area contributed by atoms with Crippen LogP contribution >= 0.6 is 0 Å². The molecule has 0 amide bonds. The van der Waals surface area contributed by atoms with E-state index in [1.165, 1.54) is 132 Å². The van der Waals surface area contributed by atoms with Crippen LogP contribution in [0.3, 0.4) is 0 Å². The monoisotopic (exact) mass is 1180 g/mol. The fourth-order valence-electron chi connectivity index (χ4n) is 10.4. The van der Waals surface area contributed by atoms with E-state index in [0.29, 0.717) is 0 Å². The number of pyridine rings is 5. The van der Waals surface area contributed by atoms with Crippen LogP contribution in [-0.4, -0.2) is 34.1 Å². The van der Waals surface area contributed by atoms with Gasteiger partial charge in [-0.25, -0.2) is 0 Å². The minimum Gasteiger partial charge on any atom is -0.353 e. The zero-order valence-electron chi connectivity index (χ0n) is 60.4. The molecule has 7 heteroatoms. The van der Waals surface area contributed by atoms with E-state index in [2.05, 4.69) is 262 Å². The van der Waals surface area contributed by atoms with Crippen LogP contribution in [-0.2, 0) is 14.1 Å². The third kappa shape index (κ3) is 20.0. The Hall–Kier alpha value is -8.03. The predicted octanol–water partition coefficient (Wildman–Crippen LogP) is 23.8. The molecular weight excluding hydrogens is 1070 g/mol. The quantitative estimate of drug-likeness (QED) is 0.151. The average Bonchev–Trinajstić information content (AvgIpc) is 4.27. The number of fused-ring (bicyclic) bond motifs is 6. The summed E-state index contributed by atoms with van der Waals surface area (Å²) in [6, 6.07) is 31.8. The van der Waals surface area contributed by atoms with Gasteiger partial charge < -0.3 is 9.13 Å². The summed E-state index contributed by atoms with van der Waals surface area (Å²) in [5.74, 6) is 0. The highest BCUT2D eigenvalue weighted by Crippen LogP contribution is 2.28. The second-order valence-corrected chi connectivity index (χ2v) is 20.7. The van der Waals surface area contributed by atoms with Crippen LogP contribution in [0, 0.1) is 111 Å². The standard InChI is InChI=1S/C13H14.3C12H13N.2C10H12N2.6C2H6/c1-9-7-8-12-6-4-5-10(2)13(12)11(9)3;1-8-4-5-11-12(10(8)3)9(2)6-7-13-11;1-8-5-4-6-11-7-13-10(3)9(2)12(8)11;1-8-5-4-6-11-12(8)10(3)9(2)7-13-11;1-7-4-11-5-9-6-12(3)8(2)10(7)9;1-7-10-8(2)12(3)6-9(10)4-5-11-7;6*1-2/h4-8H,1-3H3;3*4-7H,1-3H3;2*4-6H,1-3H3;6*1-2H3. The molecule has 0 bridgehead atoms. The molecule has 0 saturated heterocycles. The smallest absolute Gasteiger partial charge is 0.0707 e. The number of aryl methyl sites for hydroxylation is 18. The maximum Gasteiger partial charge on any atom is 0.0707 e. The summed E-state index contributed by atoms with van der Waals surface area (Å²) in [5.41, 5.74) is 23.0.